The summed E-state index contributed by atoms with van der Waals surface area (Å²) in [6.45, 7) is 34.9. The van der Waals surface area contributed by atoms with Gasteiger partial charge in [0.25, 0.3) is 0 Å². The molecule has 47 heavy (non-hydrogen) atoms. The minimum atomic E-state index is -1.56. The summed E-state index contributed by atoms with van der Waals surface area (Å²) in [5, 5.41) is 0. The SMILES string of the molecule is CC(C)C1CCCC(C(C)C)C1N=C(CCCO[Si](C)(C)C)C(CCCO[Si](C)(C)C)=NC1C(C(C)C)CCCC1C(C)C.[Br][Ni][Br]. The van der Waals surface area contributed by atoms with Crippen LogP contribution < -0.4 is 0 Å². The Bertz CT molecular complexity index is 814. The molecule has 0 spiro atoms. The van der Waals surface area contributed by atoms with Crippen molar-refractivity contribution in [2.24, 2.45) is 57.3 Å². The monoisotopic (exact) mass is 864 g/mol. The number of aliphatic imine (C=N–C) groups is 2. The molecule has 0 aromatic rings. The van der Waals surface area contributed by atoms with Gasteiger partial charge in [0, 0.05) is 13.2 Å². The predicted octanol–water partition coefficient (Wildman–Crippen LogP) is 13.0. The molecule has 2 fully saturated rings. The average molecular weight is 868 g/mol. The Morgan fingerprint density at radius 3 is 1.04 bits per heavy atom. The fourth-order valence-corrected chi connectivity index (χ4v) is 9.47. The molecule has 4 unspecified atom stereocenters. The van der Waals surface area contributed by atoms with E-state index in [2.05, 4.69) is 123 Å². The molecule has 0 heterocycles. The van der Waals surface area contributed by atoms with E-state index in [0.717, 1.165) is 38.9 Å². The molecule has 0 saturated heterocycles. The molecule has 4 nitrogen and oxygen atoms in total. The molecular formula is C38H76Br2N2NiO2Si2. The van der Waals surface area contributed by atoms with Crippen LogP contribution in [0.25, 0.3) is 0 Å². The third kappa shape index (κ3) is 18.0. The molecule has 2 saturated carbocycles. The molecule has 0 bridgehead atoms. The van der Waals surface area contributed by atoms with Gasteiger partial charge < -0.3 is 8.85 Å². The molecule has 282 valence electrons. The fourth-order valence-electron chi connectivity index (χ4n) is 7.95. The third-order valence-electron chi connectivity index (χ3n) is 10.5. The molecule has 0 radical (unpaired) electrons. The van der Waals surface area contributed by atoms with E-state index in [1.165, 1.54) is 60.8 Å². The van der Waals surface area contributed by atoms with Crippen LogP contribution in [0.4, 0.5) is 0 Å². The van der Waals surface area contributed by atoms with Crippen molar-refractivity contribution in [3.63, 3.8) is 0 Å². The van der Waals surface area contributed by atoms with Gasteiger partial charge in [-0.1, -0.05) is 68.2 Å². The molecule has 4 atom stereocenters. The normalized spacial score (nSPS) is 26.8. The van der Waals surface area contributed by atoms with Gasteiger partial charge in [0.2, 0.25) is 0 Å². The minimum absolute atomic E-state index is 0.397. The summed E-state index contributed by atoms with van der Waals surface area (Å²) in [7, 11) is -1.86. The van der Waals surface area contributed by atoms with Gasteiger partial charge in [0.15, 0.2) is 16.6 Å². The Kier molecular flexibility index (Phi) is 22.5. The van der Waals surface area contributed by atoms with Gasteiger partial charge in [0.05, 0.1) is 23.5 Å². The summed E-state index contributed by atoms with van der Waals surface area (Å²) in [6.07, 6.45) is 12.0. The molecule has 0 aliphatic heterocycles. The van der Waals surface area contributed by atoms with Gasteiger partial charge in [0.1, 0.15) is 0 Å². The van der Waals surface area contributed by atoms with Gasteiger partial charge in [-0.25, -0.2) is 0 Å². The van der Waals surface area contributed by atoms with Gasteiger partial charge >= 0.3 is 39.3 Å². The maximum absolute atomic E-state index is 6.38. The van der Waals surface area contributed by atoms with Crippen LogP contribution in [0.5, 0.6) is 0 Å². The van der Waals surface area contributed by atoms with Crippen LogP contribution >= 0.6 is 28.5 Å². The zero-order valence-electron chi connectivity index (χ0n) is 33.0. The van der Waals surface area contributed by atoms with Crippen LogP contribution in [-0.4, -0.2) is 53.4 Å². The number of halogens is 2. The van der Waals surface area contributed by atoms with Crippen LogP contribution in [0.3, 0.4) is 0 Å². The fraction of sp³-hybridized carbons (Fsp3) is 0.947. The van der Waals surface area contributed by atoms with Crippen LogP contribution in [0.2, 0.25) is 39.3 Å². The number of hydrogen-bond donors (Lipinski definition) is 0. The quantitative estimate of drug-likeness (QED) is 0.0830. The Morgan fingerprint density at radius 1 is 0.574 bits per heavy atom. The summed E-state index contributed by atoms with van der Waals surface area (Å²) in [6, 6.07) is 0.793. The summed E-state index contributed by atoms with van der Waals surface area (Å²) in [5.41, 5.74) is 2.63. The van der Waals surface area contributed by atoms with Crippen molar-refractivity contribution < 1.29 is 19.7 Å². The molecule has 2 aliphatic carbocycles. The zero-order valence-corrected chi connectivity index (χ0v) is 39.2. The molecule has 0 aromatic carbocycles. The Hall–Kier alpha value is 1.15. The van der Waals surface area contributed by atoms with E-state index in [-0.39, 0.29) is 0 Å². The Balaban J connectivity index is 0.00000354. The van der Waals surface area contributed by atoms with Crippen molar-refractivity contribution in [1.29, 1.82) is 0 Å². The van der Waals surface area contributed by atoms with E-state index in [4.69, 9.17) is 18.8 Å². The predicted molar refractivity (Wildman–Crippen MR) is 218 cm³/mol. The first-order valence-electron chi connectivity index (χ1n) is 19.1. The summed E-state index contributed by atoms with van der Waals surface area (Å²) < 4.78 is 12.8. The second-order valence-corrected chi connectivity index (χ2v) is 31.8. The first kappa shape index (κ1) is 46.2. The molecule has 2 aliphatic rings. The van der Waals surface area contributed by atoms with Crippen molar-refractivity contribution in [3.05, 3.63) is 0 Å². The Morgan fingerprint density at radius 2 is 0.830 bits per heavy atom. The van der Waals surface area contributed by atoms with Crippen LogP contribution in [0, 0.1) is 47.3 Å². The first-order chi connectivity index (χ1) is 21.8. The standard InChI is InChI=1S/C38H76N2O2Si2.2BrH.Ni/c1-27(2)31-19-15-20-32(28(3)4)37(31)39-35(23-17-25-41-43(9,10)11)36(24-18-26-42-44(12,13)14)40-38-33(29(5)6)21-16-22-34(38)30(7)8;;;/h27-34,37-38H,15-26H2,1-14H3;2*1H;/q;;;+2/p-2. The van der Waals surface area contributed by atoms with Gasteiger partial charge in [-0.3, -0.25) is 9.98 Å². The summed E-state index contributed by atoms with van der Waals surface area (Å²) >= 11 is 6.00. The van der Waals surface area contributed by atoms with Crippen molar-refractivity contribution in [2.75, 3.05) is 13.2 Å². The molecule has 0 N–H and O–H groups in total. The number of nitrogens with zero attached hydrogens (tertiary/aromatic N) is 2. The zero-order chi connectivity index (χ0) is 35.9. The topological polar surface area (TPSA) is 43.2 Å². The van der Waals surface area contributed by atoms with E-state index in [1.54, 1.807) is 0 Å². The maximum atomic E-state index is 6.38. The van der Waals surface area contributed by atoms with E-state index in [1.807, 2.05) is 0 Å². The van der Waals surface area contributed by atoms with Gasteiger partial charge in [-0.2, -0.15) is 0 Å². The van der Waals surface area contributed by atoms with E-state index >= 15 is 0 Å². The van der Waals surface area contributed by atoms with Gasteiger partial charge in [-0.05, 0) is 138 Å². The van der Waals surface area contributed by atoms with Gasteiger partial charge in [-0.15, -0.1) is 0 Å². The van der Waals surface area contributed by atoms with E-state index in [9.17, 15) is 0 Å². The average Bonchev–Trinajstić information content (AvgIpc) is 2.95. The summed E-state index contributed by atoms with van der Waals surface area (Å²) in [4.78, 5) is 11.8. The number of hydrogen-bond acceptors (Lipinski definition) is 4. The molecule has 0 amide bonds. The van der Waals surface area contributed by atoms with E-state index in [0.29, 0.717) is 59.4 Å². The van der Waals surface area contributed by atoms with Crippen molar-refractivity contribution >= 4 is 56.5 Å². The molecule has 9 heteroatoms. The van der Waals surface area contributed by atoms with Crippen LogP contribution in [-0.2, 0) is 19.7 Å². The Labute approximate surface area is 315 Å². The third-order valence-corrected chi connectivity index (χ3v) is 12.6. The van der Waals surface area contributed by atoms with Crippen LogP contribution in [0.15, 0.2) is 9.98 Å². The van der Waals surface area contributed by atoms with Crippen molar-refractivity contribution in [2.45, 2.75) is 171 Å². The van der Waals surface area contributed by atoms with Crippen molar-refractivity contribution in [1.82, 2.24) is 0 Å². The summed E-state index contributed by atoms with van der Waals surface area (Å²) in [5.74, 6) is 5.24. The molecular weight excluding hydrogens is 791 g/mol. The second-order valence-electron chi connectivity index (χ2n) is 17.8. The number of rotatable bonds is 17. The first-order valence-corrected chi connectivity index (χ1v) is 30.8. The van der Waals surface area contributed by atoms with Crippen molar-refractivity contribution in [3.8, 4) is 0 Å². The molecule has 0 aromatic heterocycles. The molecule has 2 rings (SSSR count). The van der Waals surface area contributed by atoms with Crippen LogP contribution in [0.1, 0.15) is 120 Å². The van der Waals surface area contributed by atoms with E-state index < -0.39 is 16.6 Å². The second kappa shape index (κ2) is 22.9.